The Kier molecular flexibility index (Phi) is 8.34. The molecule has 0 aliphatic rings. The molecule has 0 N–H and O–H groups in total. The third-order valence-electron chi connectivity index (χ3n) is 4.54. The summed E-state index contributed by atoms with van der Waals surface area (Å²) in [4.78, 5) is 24.7. The Morgan fingerprint density at radius 2 is 1.65 bits per heavy atom. The molecule has 0 heterocycles. The number of hydrogen-bond acceptors (Lipinski definition) is 4. The third-order valence-corrected chi connectivity index (χ3v) is 7.69. The lowest BCUT2D eigenvalue weighted by Crippen LogP contribution is -2.41. The van der Waals surface area contributed by atoms with Crippen LogP contribution in [0.4, 0.5) is 0 Å². The number of esters is 2. The summed E-state index contributed by atoms with van der Waals surface area (Å²) in [6, 6.07) is 11.3. The Bertz CT molecular complexity index is 680. The zero-order valence-electron chi connectivity index (χ0n) is 16.3. The van der Waals surface area contributed by atoms with E-state index in [2.05, 4.69) is 55.3 Å². The van der Waals surface area contributed by atoms with Crippen LogP contribution in [0.15, 0.2) is 42.5 Å². The minimum Gasteiger partial charge on any atom is -0.468 e. The minimum absolute atomic E-state index is 0.0761. The first kappa shape index (κ1) is 21.7. The predicted octanol–water partition coefficient (Wildman–Crippen LogP) is 3.29. The molecule has 0 aromatic heterocycles. The highest BCUT2D eigenvalue weighted by Gasteiger charge is 2.47. The number of ether oxygens (including phenoxy) is 2. The van der Waals surface area contributed by atoms with Crippen molar-refractivity contribution < 1.29 is 19.1 Å². The molecule has 0 radical (unpaired) electrons. The number of benzene rings is 1. The SMILES string of the molecule is CC#CCC(C/C=C/C[Si](C)(C)c1ccccc1)(C(=O)OC)C(=O)OC. The zero-order chi connectivity index (χ0) is 19.6. The fraction of sp³-hybridized carbons (Fsp3) is 0.429. The number of hydrogen-bond donors (Lipinski definition) is 0. The average Bonchev–Trinajstić information content (AvgIpc) is 2.67. The van der Waals surface area contributed by atoms with Crippen LogP contribution in [0.3, 0.4) is 0 Å². The summed E-state index contributed by atoms with van der Waals surface area (Å²) in [5, 5.41) is 1.37. The summed E-state index contributed by atoms with van der Waals surface area (Å²) in [6.45, 7) is 6.26. The Morgan fingerprint density at radius 1 is 1.08 bits per heavy atom. The first-order chi connectivity index (χ1) is 12.3. The Balaban J connectivity index is 2.97. The van der Waals surface area contributed by atoms with Crippen LogP contribution in [0.25, 0.3) is 0 Å². The predicted molar refractivity (Wildman–Crippen MR) is 107 cm³/mol. The van der Waals surface area contributed by atoms with Crippen molar-refractivity contribution in [2.45, 2.75) is 38.9 Å². The minimum atomic E-state index is -1.62. The molecule has 1 aromatic rings. The molecule has 0 fully saturated rings. The molecule has 0 atom stereocenters. The number of carbonyl (C=O) groups is 2. The van der Waals surface area contributed by atoms with Crippen molar-refractivity contribution >= 4 is 25.2 Å². The van der Waals surface area contributed by atoms with Gasteiger partial charge in [0, 0.05) is 6.42 Å². The fourth-order valence-electron chi connectivity index (χ4n) is 2.77. The molecular formula is C21H28O4Si. The quantitative estimate of drug-likeness (QED) is 0.231. The van der Waals surface area contributed by atoms with Gasteiger partial charge in [-0.05, 0) is 19.4 Å². The van der Waals surface area contributed by atoms with Gasteiger partial charge in [0.2, 0.25) is 0 Å². The molecule has 0 saturated heterocycles. The van der Waals surface area contributed by atoms with Gasteiger partial charge < -0.3 is 9.47 Å². The van der Waals surface area contributed by atoms with E-state index in [0.717, 1.165) is 6.04 Å². The molecular weight excluding hydrogens is 344 g/mol. The van der Waals surface area contributed by atoms with E-state index in [-0.39, 0.29) is 12.8 Å². The van der Waals surface area contributed by atoms with E-state index in [4.69, 9.17) is 9.47 Å². The zero-order valence-corrected chi connectivity index (χ0v) is 17.3. The van der Waals surface area contributed by atoms with Crippen molar-refractivity contribution in [2.24, 2.45) is 5.41 Å². The van der Waals surface area contributed by atoms with E-state index in [9.17, 15) is 9.59 Å². The van der Waals surface area contributed by atoms with Gasteiger partial charge in [-0.3, -0.25) is 9.59 Å². The molecule has 0 unspecified atom stereocenters. The molecule has 1 rings (SSSR count). The largest absolute Gasteiger partial charge is 0.468 e. The maximum absolute atomic E-state index is 12.3. The van der Waals surface area contributed by atoms with E-state index in [0.29, 0.717) is 0 Å². The van der Waals surface area contributed by atoms with Crippen molar-refractivity contribution in [3.63, 3.8) is 0 Å². The van der Waals surface area contributed by atoms with Gasteiger partial charge in [0.05, 0.1) is 22.3 Å². The van der Waals surface area contributed by atoms with Crippen LogP contribution in [0.1, 0.15) is 19.8 Å². The normalized spacial score (nSPS) is 11.6. The van der Waals surface area contributed by atoms with Crippen LogP contribution in [0, 0.1) is 17.3 Å². The van der Waals surface area contributed by atoms with E-state index in [1.165, 1.54) is 19.4 Å². The molecule has 0 aliphatic carbocycles. The van der Waals surface area contributed by atoms with Gasteiger partial charge in [0.1, 0.15) is 0 Å². The second-order valence-electron chi connectivity index (χ2n) is 6.80. The van der Waals surface area contributed by atoms with Crippen LogP contribution in [-0.4, -0.2) is 34.2 Å². The molecule has 4 nitrogen and oxygen atoms in total. The van der Waals surface area contributed by atoms with Crippen molar-refractivity contribution in [1.82, 2.24) is 0 Å². The van der Waals surface area contributed by atoms with Crippen LogP contribution in [-0.2, 0) is 19.1 Å². The summed E-state index contributed by atoms with van der Waals surface area (Å²) in [7, 11) is 0.925. The summed E-state index contributed by atoms with van der Waals surface area (Å²) in [5.41, 5.74) is -1.42. The Morgan fingerprint density at radius 3 is 2.15 bits per heavy atom. The molecule has 0 spiro atoms. The van der Waals surface area contributed by atoms with Crippen LogP contribution < -0.4 is 5.19 Å². The first-order valence-electron chi connectivity index (χ1n) is 8.61. The number of carbonyl (C=O) groups excluding carboxylic acids is 2. The monoisotopic (exact) mass is 372 g/mol. The molecule has 0 aliphatic heterocycles. The van der Waals surface area contributed by atoms with Gasteiger partial charge in [-0.15, -0.1) is 11.8 Å². The van der Waals surface area contributed by atoms with Gasteiger partial charge in [0.15, 0.2) is 5.41 Å². The van der Waals surface area contributed by atoms with Crippen molar-refractivity contribution in [3.8, 4) is 11.8 Å². The van der Waals surface area contributed by atoms with Crippen LogP contribution in [0.5, 0.6) is 0 Å². The maximum atomic E-state index is 12.3. The Hall–Kier alpha value is -2.32. The van der Waals surface area contributed by atoms with E-state index < -0.39 is 25.4 Å². The topological polar surface area (TPSA) is 52.6 Å². The van der Waals surface area contributed by atoms with Gasteiger partial charge in [0.25, 0.3) is 0 Å². The third kappa shape index (κ3) is 5.34. The molecule has 1 aromatic carbocycles. The molecule has 26 heavy (non-hydrogen) atoms. The van der Waals surface area contributed by atoms with Gasteiger partial charge in [-0.2, -0.15) is 0 Å². The summed E-state index contributed by atoms with van der Waals surface area (Å²) in [5.74, 6) is 4.33. The lowest BCUT2D eigenvalue weighted by Gasteiger charge is -2.25. The molecule has 0 bridgehead atoms. The lowest BCUT2D eigenvalue weighted by molar-refractivity contribution is -0.168. The smallest absolute Gasteiger partial charge is 0.324 e. The highest BCUT2D eigenvalue weighted by Crippen LogP contribution is 2.31. The lowest BCUT2D eigenvalue weighted by atomic mass is 9.81. The molecule has 5 heteroatoms. The van der Waals surface area contributed by atoms with Crippen molar-refractivity contribution in [2.75, 3.05) is 14.2 Å². The van der Waals surface area contributed by atoms with E-state index in [1.807, 2.05) is 12.1 Å². The number of allylic oxidation sites excluding steroid dienone is 2. The van der Waals surface area contributed by atoms with Crippen molar-refractivity contribution in [1.29, 1.82) is 0 Å². The van der Waals surface area contributed by atoms with Crippen LogP contribution >= 0.6 is 0 Å². The summed E-state index contributed by atoms with van der Waals surface area (Å²) in [6.07, 6.45) is 4.22. The van der Waals surface area contributed by atoms with Crippen molar-refractivity contribution in [3.05, 3.63) is 42.5 Å². The first-order valence-corrected chi connectivity index (χ1v) is 11.8. The highest BCUT2D eigenvalue weighted by molar-refractivity contribution is 6.90. The molecule has 0 amide bonds. The number of rotatable bonds is 8. The summed E-state index contributed by atoms with van der Waals surface area (Å²) >= 11 is 0. The van der Waals surface area contributed by atoms with E-state index in [1.54, 1.807) is 6.92 Å². The average molecular weight is 373 g/mol. The highest BCUT2D eigenvalue weighted by atomic mass is 28.3. The second-order valence-corrected chi connectivity index (χ2v) is 11.6. The summed E-state index contributed by atoms with van der Waals surface area (Å²) < 4.78 is 9.74. The molecule has 140 valence electrons. The van der Waals surface area contributed by atoms with Gasteiger partial charge in [-0.1, -0.05) is 60.8 Å². The van der Waals surface area contributed by atoms with Crippen LogP contribution in [0.2, 0.25) is 19.1 Å². The molecule has 0 saturated carbocycles. The fourth-order valence-corrected chi connectivity index (χ4v) is 4.85. The van der Waals surface area contributed by atoms with Gasteiger partial charge in [-0.25, -0.2) is 0 Å². The standard InChI is InChI=1S/C21H28O4Si/c1-6-7-15-21(19(22)24-2,20(23)25-3)16-11-12-17-26(4,5)18-13-9-8-10-14-18/h8-14H,15-17H2,1-5H3/b12-11+. The number of methoxy groups -OCH3 is 2. The van der Waals surface area contributed by atoms with E-state index >= 15 is 0 Å². The Labute approximate surface area is 157 Å². The van der Waals surface area contributed by atoms with Gasteiger partial charge >= 0.3 is 11.9 Å². The second kappa shape index (κ2) is 9.98. The maximum Gasteiger partial charge on any atom is 0.324 e.